The molecular formula is C11H6ClF3N2O3. The van der Waals surface area contributed by atoms with Gasteiger partial charge in [-0.15, -0.1) is 0 Å². The first-order valence-corrected chi connectivity index (χ1v) is 5.50. The van der Waals surface area contributed by atoms with Gasteiger partial charge in [0, 0.05) is 5.56 Å². The second-order valence-corrected chi connectivity index (χ2v) is 4.01. The van der Waals surface area contributed by atoms with Gasteiger partial charge in [0.1, 0.15) is 0 Å². The van der Waals surface area contributed by atoms with Gasteiger partial charge < -0.3 is 9.26 Å². The first kappa shape index (κ1) is 14.3. The van der Waals surface area contributed by atoms with Crippen LogP contribution in [0.3, 0.4) is 0 Å². The average molecular weight is 307 g/mol. The van der Waals surface area contributed by atoms with E-state index in [1.54, 1.807) is 0 Å². The fraction of sp³-hybridized carbons (Fsp3) is 0.182. The van der Waals surface area contributed by atoms with Gasteiger partial charge in [-0.2, -0.15) is 18.2 Å². The van der Waals surface area contributed by atoms with Crippen molar-refractivity contribution in [2.24, 2.45) is 0 Å². The molecule has 1 aromatic heterocycles. The summed E-state index contributed by atoms with van der Waals surface area (Å²) in [7, 11) is 1.12. The van der Waals surface area contributed by atoms with E-state index in [0.717, 1.165) is 25.3 Å². The molecule has 0 atom stereocenters. The molecule has 0 radical (unpaired) electrons. The number of alkyl halides is 3. The highest BCUT2D eigenvalue weighted by Crippen LogP contribution is 2.34. The zero-order chi connectivity index (χ0) is 14.9. The van der Waals surface area contributed by atoms with Crippen LogP contribution in [-0.4, -0.2) is 23.2 Å². The van der Waals surface area contributed by atoms with Gasteiger partial charge in [-0.05, 0) is 18.2 Å². The molecule has 0 N–H and O–H groups in total. The van der Waals surface area contributed by atoms with Crippen LogP contribution < -0.4 is 0 Å². The lowest BCUT2D eigenvalue weighted by molar-refractivity contribution is -0.137. The summed E-state index contributed by atoms with van der Waals surface area (Å²) in [5.74, 6) is -1.38. The Kier molecular flexibility index (Phi) is 3.67. The molecule has 0 unspecified atom stereocenters. The topological polar surface area (TPSA) is 65.2 Å². The molecule has 2 rings (SSSR count). The highest BCUT2D eigenvalue weighted by Gasteiger charge is 2.31. The van der Waals surface area contributed by atoms with Crippen LogP contribution in [0.2, 0.25) is 5.02 Å². The Morgan fingerprint density at radius 3 is 2.65 bits per heavy atom. The Morgan fingerprint density at radius 1 is 1.40 bits per heavy atom. The second kappa shape index (κ2) is 5.12. The van der Waals surface area contributed by atoms with Crippen LogP contribution in [0.5, 0.6) is 0 Å². The van der Waals surface area contributed by atoms with Gasteiger partial charge in [-0.25, -0.2) is 4.79 Å². The molecular weight excluding hydrogens is 301 g/mol. The van der Waals surface area contributed by atoms with E-state index in [2.05, 4.69) is 19.4 Å². The quantitative estimate of drug-likeness (QED) is 0.797. The molecule has 106 valence electrons. The third-order valence-corrected chi connectivity index (χ3v) is 2.64. The molecule has 20 heavy (non-hydrogen) atoms. The van der Waals surface area contributed by atoms with Gasteiger partial charge >= 0.3 is 18.0 Å². The summed E-state index contributed by atoms with van der Waals surface area (Å²) in [5, 5.41) is 3.24. The van der Waals surface area contributed by atoms with E-state index in [4.69, 9.17) is 11.6 Å². The minimum absolute atomic E-state index is 0.107. The van der Waals surface area contributed by atoms with Crippen LogP contribution in [-0.2, 0) is 10.9 Å². The maximum absolute atomic E-state index is 12.5. The zero-order valence-corrected chi connectivity index (χ0v) is 10.6. The molecule has 0 aliphatic carbocycles. The number of esters is 1. The molecule has 2 aromatic rings. The van der Waals surface area contributed by atoms with Crippen molar-refractivity contribution in [2.45, 2.75) is 6.18 Å². The number of hydrogen-bond acceptors (Lipinski definition) is 5. The van der Waals surface area contributed by atoms with Gasteiger partial charge in [-0.1, -0.05) is 16.8 Å². The Hall–Kier alpha value is -2.09. The number of methoxy groups -OCH3 is 1. The summed E-state index contributed by atoms with van der Waals surface area (Å²) in [4.78, 5) is 14.8. The van der Waals surface area contributed by atoms with E-state index in [9.17, 15) is 18.0 Å². The van der Waals surface area contributed by atoms with Crippen LogP contribution >= 0.6 is 11.6 Å². The molecule has 1 heterocycles. The minimum atomic E-state index is -4.50. The van der Waals surface area contributed by atoms with Gasteiger partial charge in [-0.3, -0.25) is 0 Å². The molecule has 0 saturated carbocycles. The largest absolute Gasteiger partial charge is 0.462 e. The monoisotopic (exact) mass is 306 g/mol. The van der Waals surface area contributed by atoms with Gasteiger partial charge in [0.05, 0.1) is 17.7 Å². The molecule has 0 saturated heterocycles. The number of ether oxygens (including phenoxy) is 1. The highest BCUT2D eigenvalue weighted by atomic mass is 35.5. The number of benzene rings is 1. The molecule has 0 fully saturated rings. The number of aromatic nitrogens is 2. The molecule has 0 bridgehead atoms. The van der Waals surface area contributed by atoms with Crippen molar-refractivity contribution in [3.8, 4) is 11.4 Å². The summed E-state index contributed by atoms with van der Waals surface area (Å²) in [6, 6.07) is 2.66. The molecule has 0 aliphatic heterocycles. The third kappa shape index (κ3) is 2.74. The molecule has 0 aliphatic rings. The summed E-state index contributed by atoms with van der Waals surface area (Å²) < 4.78 is 46.4. The lowest BCUT2D eigenvalue weighted by Gasteiger charge is -2.07. The number of rotatable bonds is 2. The van der Waals surface area contributed by atoms with E-state index in [-0.39, 0.29) is 16.4 Å². The second-order valence-electron chi connectivity index (χ2n) is 3.61. The van der Waals surface area contributed by atoms with Gasteiger partial charge in [0.2, 0.25) is 5.82 Å². The van der Waals surface area contributed by atoms with Crippen LogP contribution in [0.4, 0.5) is 13.2 Å². The Bertz CT molecular complexity index is 655. The summed E-state index contributed by atoms with van der Waals surface area (Å²) >= 11 is 5.75. The van der Waals surface area contributed by atoms with E-state index < -0.39 is 23.6 Å². The number of carbonyl (C=O) groups is 1. The lowest BCUT2D eigenvalue weighted by atomic mass is 10.1. The van der Waals surface area contributed by atoms with E-state index >= 15 is 0 Å². The van der Waals surface area contributed by atoms with Gasteiger partial charge in [0.15, 0.2) is 0 Å². The normalized spacial score (nSPS) is 11.4. The first-order chi connectivity index (χ1) is 9.32. The Labute approximate surface area is 115 Å². The predicted octanol–water partition coefficient (Wildman–Crippen LogP) is 3.20. The lowest BCUT2D eigenvalue weighted by Crippen LogP contribution is -2.04. The first-order valence-electron chi connectivity index (χ1n) is 5.12. The summed E-state index contributed by atoms with van der Waals surface area (Å²) in [5.41, 5.74) is -0.790. The molecule has 0 amide bonds. The van der Waals surface area contributed by atoms with Crippen LogP contribution in [0.1, 0.15) is 16.2 Å². The van der Waals surface area contributed by atoms with Gasteiger partial charge in [0.25, 0.3) is 0 Å². The molecule has 1 aromatic carbocycles. The van der Waals surface area contributed by atoms with Crippen LogP contribution in [0.15, 0.2) is 22.7 Å². The minimum Gasteiger partial charge on any atom is -0.462 e. The number of nitrogens with zero attached hydrogens (tertiary/aromatic N) is 2. The Balaban J connectivity index is 2.39. The maximum atomic E-state index is 12.5. The fourth-order valence-electron chi connectivity index (χ4n) is 1.38. The van der Waals surface area contributed by atoms with Crippen molar-refractivity contribution >= 4 is 17.6 Å². The molecule has 5 nitrogen and oxygen atoms in total. The van der Waals surface area contributed by atoms with Crippen molar-refractivity contribution in [2.75, 3.05) is 7.11 Å². The maximum Gasteiger partial charge on any atom is 0.416 e. The average Bonchev–Trinajstić information content (AvgIpc) is 2.86. The molecule has 9 heteroatoms. The van der Waals surface area contributed by atoms with E-state index in [0.29, 0.717) is 0 Å². The summed E-state index contributed by atoms with van der Waals surface area (Å²) in [6.45, 7) is 0. The number of carbonyl (C=O) groups excluding carboxylic acids is 1. The highest BCUT2D eigenvalue weighted by molar-refractivity contribution is 6.33. The predicted molar refractivity (Wildman–Crippen MR) is 61.1 cm³/mol. The van der Waals surface area contributed by atoms with Crippen molar-refractivity contribution in [1.82, 2.24) is 10.1 Å². The fourth-order valence-corrected chi connectivity index (χ4v) is 1.64. The number of hydrogen-bond donors (Lipinski definition) is 0. The zero-order valence-electron chi connectivity index (χ0n) is 9.86. The standard InChI is InChI=1S/C11H6ClF3N2O3/c1-19-10(18)9-16-8(17-20-9)6-3-2-5(4-7(6)12)11(13,14)15/h2-4H,1H3. The van der Waals surface area contributed by atoms with E-state index in [1.165, 1.54) is 0 Å². The van der Waals surface area contributed by atoms with Crippen LogP contribution in [0.25, 0.3) is 11.4 Å². The smallest absolute Gasteiger partial charge is 0.416 e. The SMILES string of the molecule is COC(=O)c1nc(-c2ccc(C(F)(F)F)cc2Cl)no1. The van der Waals surface area contributed by atoms with E-state index in [1.807, 2.05) is 0 Å². The van der Waals surface area contributed by atoms with Crippen molar-refractivity contribution < 1.29 is 27.2 Å². The third-order valence-electron chi connectivity index (χ3n) is 2.32. The number of halogens is 4. The molecule has 0 spiro atoms. The van der Waals surface area contributed by atoms with Crippen molar-refractivity contribution in [3.63, 3.8) is 0 Å². The Morgan fingerprint density at radius 2 is 2.10 bits per heavy atom. The van der Waals surface area contributed by atoms with Crippen molar-refractivity contribution in [3.05, 3.63) is 34.7 Å². The van der Waals surface area contributed by atoms with Crippen molar-refractivity contribution in [1.29, 1.82) is 0 Å². The summed E-state index contributed by atoms with van der Waals surface area (Å²) in [6.07, 6.45) is -4.50. The van der Waals surface area contributed by atoms with Crippen LogP contribution in [0, 0.1) is 0 Å².